The molecule has 112 valence electrons. The second-order valence-corrected chi connectivity index (χ2v) is 6.68. The standard InChI is InChI=1S/C12H15N5O2S2/c1-8(12-14-7-15-16-12)17-21(18,19)6-9-4-2-3-5-10(9)11(13)20/h2-5,7-8,17H,6H2,1H3,(H2,13,20)(H,14,15,16). The number of benzene rings is 1. The van der Waals surface area contributed by atoms with Crippen LogP contribution in [0.15, 0.2) is 30.6 Å². The highest BCUT2D eigenvalue weighted by Crippen LogP contribution is 2.14. The quantitative estimate of drug-likeness (QED) is 0.671. The Morgan fingerprint density at radius 2 is 2.19 bits per heavy atom. The average molecular weight is 325 g/mol. The number of sulfonamides is 1. The second kappa shape index (κ2) is 6.29. The monoisotopic (exact) mass is 325 g/mol. The Balaban J connectivity index is 2.17. The Bertz CT molecular complexity index is 728. The van der Waals surface area contributed by atoms with E-state index in [4.69, 9.17) is 18.0 Å². The number of hydrogen-bond donors (Lipinski definition) is 3. The van der Waals surface area contributed by atoms with Crippen molar-refractivity contribution in [2.45, 2.75) is 18.7 Å². The van der Waals surface area contributed by atoms with Gasteiger partial charge in [0.15, 0.2) is 0 Å². The molecule has 21 heavy (non-hydrogen) atoms. The molecule has 0 saturated carbocycles. The first-order chi connectivity index (χ1) is 9.89. The van der Waals surface area contributed by atoms with E-state index in [2.05, 4.69) is 19.9 Å². The van der Waals surface area contributed by atoms with Crippen LogP contribution >= 0.6 is 12.2 Å². The van der Waals surface area contributed by atoms with Crippen molar-refractivity contribution < 1.29 is 8.42 Å². The summed E-state index contributed by atoms with van der Waals surface area (Å²) >= 11 is 4.93. The first-order valence-corrected chi connectivity index (χ1v) is 8.18. The van der Waals surface area contributed by atoms with E-state index in [1.807, 2.05) is 0 Å². The van der Waals surface area contributed by atoms with Gasteiger partial charge in [-0.15, -0.1) is 0 Å². The maximum absolute atomic E-state index is 12.2. The van der Waals surface area contributed by atoms with Crippen LogP contribution in [0.2, 0.25) is 0 Å². The average Bonchev–Trinajstić information content (AvgIpc) is 2.91. The molecule has 1 heterocycles. The van der Waals surface area contributed by atoms with Crippen LogP contribution in [0.1, 0.15) is 29.9 Å². The van der Waals surface area contributed by atoms with Gasteiger partial charge in [0, 0.05) is 5.56 Å². The fourth-order valence-electron chi connectivity index (χ4n) is 1.88. The molecular weight excluding hydrogens is 310 g/mol. The minimum Gasteiger partial charge on any atom is -0.389 e. The van der Waals surface area contributed by atoms with E-state index >= 15 is 0 Å². The minimum atomic E-state index is -3.57. The van der Waals surface area contributed by atoms with Crippen LogP contribution in [0, 0.1) is 0 Å². The molecule has 0 spiro atoms. The van der Waals surface area contributed by atoms with Crippen molar-refractivity contribution in [3.8, 4) is 0 Å². The smallest absolute Gasteiger partial charge is 0.216 e. The molecule has 2 aromatic rings. The molecule has 4 N–H and O–H groups in total. The van der Waals surface area contributed by atoms with Crippen molar-refractivity contribution in [1.29, 1.82) is 0 Å². The summed E-state index contributed by atoms with van der Waals surface area (Å²) in [4.78, 5) is 4.09. The number of H-pyrrole nitrogens is 1. The van der Waals surface area contributed by atoms with E-state index in [9.17, 15) is 8.42 Å². The summed E-state index contributed by atoms with van der Waals surface area (Å²) in [5.74, 6) is 0.236. The zero-order valence-corrected chi connectivity index (χ0v) is 12.9. The number of rotatable bonds is 6. The molecule has 1 aromatic heterocycles. The molecule has 1 aromatic carbocycles. The van der Waals surface area contributed by atoms with Crippen LogP contribution in [0.4, 0.5) is 0 Å². The molecule has 0 amide bonds. The Labute approximate surface area is 128 Å². The number of aromatic amines is 1. The predicted molar refractivity (Wildman–Crippen MR) is 82.9 cm³/mol. The Kier molecular flexibility index (Phi) is 4.66. The second-order valence-electron chi connectivity index (χ2n) is 4.49. The lowest BCUT2D eigenvalue weighted by atomic mass is 10.1. The molecule has 0 radical (unpaired) electrons. The summed E-state index contributed by atoms with van der Waals surface area (Å²) in [6.07, 6.45) is 1.32. The highest BCUT2D eigenvalue weighted by atomic mass is 32.2. The molecule has 0 aliphatic carbocycles. The zero-order chi connectivity index (χ0) is 15.5. The van der Waals surface area contributed by atoms with Gasteiger partial charge in [-0.25, -0.2) is 18.1 Å². The summed E-state index contributed by atoms with van der Waals surface area (Å²) in [6.45, 7) is 1.68. The minimum absolute atomic E-state index is 0.170. The molecule has 0 saturated heterocycles. The van der Waals surface area contributed by atoms with Crippen molar-refractivity contribution in [2.24, 2.45) is 5.73 Å². The van der Waals surface area contributed by atoms with Crippen LogP contribution in [0.3, 0.4) is 0 Å². The highest BCUT2D eigenvalue weighted by molar-refractivity contribution is 7.88. The number of nitrogens with two attached hydrogens (primary N) is 1. The molecular formula is C12H15N5O2S2. The van der Waals surface area contributed by atoms with Crippen molar-refractivity contribution in [1.82, 2.24) is 19.9 Å². The third kappa shape index (κ3) is 4.06. The number of hydrogen-bond acceptors (Lipinski definition) is 5. The molecule has 0 bridgehead atoms. The highest BCUT2D eigenvalue weighted by Gasteiger charge is 2.19. The summed E-state index contributed by atoms with van der Waals surface area (Å²) in [7, 11) is -3.57. The van der Waals surface area contributed by atoms with Gasteiger partial charge in [-0.2, -0.15) is 5.10 Å². The number of nitrogens with one attached hydrogen (secondary N) is 2. The lowest BCUT2D eigenvalue weighted by molar-refractivity contribution is 0.559. The van der Waals surface area contributed by atoms with Gasteiger partial charge in [-0.3, -0.25) is 5.10 Å². The molecule has 0 fully saturated rings. The molecule has 1 atom stereocenters. The zero-order valence-electron chi connectivity index (χ0n) is 11.3. The van der Waals surface area contributed by atoms with Crippen LogP contribution in [-0.4, -0.2) is 28.6 Å². The van der Waals surface area contributed by atoms with Crippen molar-refractivity contribution in [3.05, 3.63) is 47.5 Å². The number of nitrogens with zero attached hydrogens (tertiary/aromatic N) is 2. The van der Waals surface area contributed by atoms with Crippen molar-refractivity contribution in [3.63, 3.8) is 0 Å². The van der Waals surface area contributed by atoms with E-state index in [1.165, 1.54) is 6.33 Å². The van der Waals surface area contributed by atoms with Crippen LogP contribution in [0.25, 0.3) is 0 Å². The predicted octanol–water partition coefficient (Wildman–Crippen LogP) is 0.620. The maximum Gasteiger partial charge on any atom is 0.216 e. The Morgan fingerprint density at radius 1 is 1.48 bits per heavy atom. The lowest BCUT2D eigenvalue weighted by Gasteiger charge is -2.13. The van der Waals surface area contributed by atoms with Gasteiger partial charge in [-0.05, 0) is 12.5 Å². The summed E-state index contributed by atoms with van der Waals surface area (Å²) in [6, 6.07) is 6.39. The van der Waals surface area contributed by atoms with E-state index in [1.54, 1.807) is 31.2 Å². The fraction of sp³-hybridized carbons (Fsp3) is 0.250. The molecule has 0 aliphatic heterocycles. The third-order valence-corrected chi connectivity index (χ3v) is 4.45. The van der Waals surface area contributed by atoms with Gasteiger partial charge in [0.05, 0.1) is 11.8 Å². The summed E-state index contributed by atoms with van der Waals surface area (Å²) < 4.78 is 27.0. The van der Waals surface area contributed by atoms with Gasteiger partial charge in [-0.1, -0.05) is 36.5 Å². The van der Waals surface area contributed by atoms with Gasteiger partial charge in [0.2, 0.25) is 10.0 Å². The lowest BCUT2D eigenvalue weighted by Crippen LogP contribution is -2.29. The SMILES string of the molecule is CC(NS(=O)(=O)Cc1ccccc1C(N)=S)c1ncn[nH]1. The van der Waals surface area contributed by atoms with E-state index in [0.29, 0.717) is 17.0 Å². The normalized spacial score (nSPS) is 13.0. The molecule has 7 nitrogen and oxygen atoms in total. The van der Waals surface area contributed by atoms with Crippen molar-refractivity contribution >= 4 is 27.2 Å². The first-order valence-electron chi connectivity index (χ1n) is 6.12. The molecule has 0 aliphatic rings. The molecule has 9 heteroatoms. The third-order valence-electron chi connectivity index (χ3n) is 2.83. The Hall–Kier alpha value is -1.84. The summed E-state index contributed by atoms with van der Waals surface area (Å²) in [5.41, 5.74) is 6.72. The van der Waals surface area contributed by atoms with Crippen LogP contribution in [-0.2, 0) is 15.8 Å². The summed E-state index contributed by atoms with van der Waals surface area (Å²) in [5, 5.41) is 6.31. The van der Waals surface area contributed by atoms with Gasteiger partial charge in [0.25, 0.3) is 0 Å². The van der Waals surface area contributed by atoms with E-state index in [0.717, 1.165) is 0 Å². The Morgan fingerprint density at radius 3 is 2.81 bits per heavy atom. The van der Waals surface area contributed by atoms with Crippen molar-refractivity contribution in [2.75, 3.05) is 0 Å². The van der Waals surface area contributed by atoms with Crippen LogP contribution < -0.4 is 10.5 Å². The maximum atomic E-state index is 12.2. The van der Waals surface area contributed by atoms with Gasteiger partial charge >= 0.3 is 0 Å². The topological polar surface area (TPSA) is 114 Å². The molecule has 1 unspecified atom stereocenters. The fourth-order valence-corrected chi connectivity index (χ4v) is 3.48. The first kappa shape index (κ1) is 15.5. The van der Waals surface area contributed by atoms with E-state index < -0.39 is 16.1 Å². The van der Waals surface area contributed by atoms with Crippen LogP contribution in [0.5, 0.6) is 0 Å². The molecule has 2 rings (SSSR count). The van der Waals surface area contributed by atoms with Gasteiger partial charge < -0.3 is 5.73 Å². The van der Waals surface area contributed by atoms with Gasteiger partial charge in [0.1, 0.15) is 17.1 Å². The number of thiocarbonyl (C=S) groups is 1. The largest absolute Gasteiger partial charge is 0.389 e. The number of aromatic nitrogens is 3. The van der Waals surface area contributed by atoms with E-state index in [-0.39, 0.29) is 10.7 Å².